The Morgan fingerprint density at radius 3 is 2.46 bits per heavy atom. The van der Waals surface area contributed by atoms with Gasteiger partial charge in [-0.2, -0.15) is 0 Å². The van der Waals surface area contributed by atoms with Crippen LogP contribution in [0.5, 0.6) is 0 Å². The molecule has 28 heavy (non-hydrogen) atoms. The van der Waals surface area contributed by atoms with Crippen molar-refractivity contribution in [3.63, 3.8) is 0 Å². The number of hydrogen-bond acceptors (Lipinski definition) is 5. The summed E-state index contributed by atoms with van der Waals surface area (Å²) >= 11 is 0. The van der Waals surface area contributed by atoms with Crippen molar-refractivity contribution in [2.45, 2.75) is 13.0 Å². The van der Waals surface area contributed by atoms with E-state index in [1.807, 2.05) is 23.1 Å². The molecule has 1 N–H and O–H groups in total. The van der Waals surface area contributed by atoms with E-state index in [9.17, 15) is 4.79 Å². The summed E-state index contributed by atoms with van der Waals surface area (Å²) in [5.74, 6) is 0.897. The van der Waals surface area contributed by atoms with Crippen molar-refractivity contribution in [3.8, 4) is 0 Å². The standard InChI is InChI=1S/C22H31N5O/c1-25(2)12-6-11-23-21-10-9-20(17-24-21)22(28)27-15-13-26(14-16-27)18-19-7-4-3-5-8-19/h3-5,7-10,17H,6,11-16,18H2,1-2H3,(H,23,24). The minimum atomic E-state index is 0.0750. The quantitative estimate of drug-likeness (QED) is 0.712. The average Bonchev–Trinajstić information content (AvgIpc) is 2.72. The van der Waals surface area contributed by atoms with Crippen molar-refractivity contribution in [3.05, 3.63) is 59.8 Å². The number of nitrogens with zero attached hydrogens (tertiary/aromatic N) is 4. The predicted octanol–water partition coefficient (Wildman–Crippen LogP) is 2.40. The van der Waals surface area contributed by atoms with Crippen LogP contribution in [0.1, 0.15) is 22.3 Å². The van der Waals surface area contributed by atoms with E-state index in [0.29, 0.717) is 5.56 Å². The summed E-state index contributed by atoms with van der Waals surface area (Å²) in [6.45, 7) is 6.19. The van der Waals surface area contributed by atoms with Gasteiger partial charge in [0.25, 0.3) is 5.91 Å². The molecule has 1 amide bonds. The maximum atomic E-state index is 12.8. The largest absolute Gasteiger partial charge is 0.370 e. The molecule has 0 radical (unpaired) electrons. The third-order valence-electron chi connectivity index (χ3n) is 5.01. The molecule has 6 heteroatoms. The molecule has 0 spiro atoms. The van der Waals surface area contributed by atoms with Crippen LogP contribution in [0.15, 0.2) is 48.7 Å². The first-order valence-electron chi connectivity index (χ1n) is 10.0. The maximum absolute atomic E-state index is 12.8. The molecule has 1 aromatic heterocycles. The first-order valence-corrected chi connectivity index (χ1v) is 10.0. The van der Waals surface area contributed by atoms with Gasteiger partial charge in [-0.25, -0.2) is 4.98 Å². The number of hydrogen-bond donors (Lipinski definition) is 1. The highest BCUT2D eigenvalue weighted by Crippen LogP contribution is 2.12. The smallest absolute Gasteiger partial charge is 0.255 e. The second kappa shape index (κ2) is 10.2. The SMILES string of the molecule is CN(C)CCCNc1ccc(C(=O)N2CCN(Cc3ccccc3)CC2)cn1. The number of nitrogens with one attached hydrogen (secondary N) is 1. The fraction of sp³-hybridized carbons (Fsp3) is 0.455. The zero-order chi connectivity index (χ0) is 19.8. The lowest BCUT2D eigenvalue weighted by Crippen LogP contribution is -2.48. The number of anilines is 1. The fourth-order valence-corrected chi connectivity index (χ4v) is 3.37. The summed E-state index contributed by atoms with van der Waals surface area (Å²) in [5, 5.41) is 3.31. The zero-order valence-corrected chi connectivity index (χ0v) is 17.0. The summed E-state index contributed by atoms with van der Waals surface area (Å²) in [5.41, 5.74) is 1.98. The molecule has 1 aliphatic rings. The predicted molar refractivity (Wildman–Crippen MR) is 114 cm³/mol. The first-order chi connectivity index (χ1) is 13.6. The second-order valence-corrected chi connectivity index (χ2v) is 7.57. The van der Waals surface area contributed by atoms with Gasteiger partial charge >= 0.3 is 0 Å². The lowest BCUT2D eigenvalue weighted by Gasteiger charge is -2.34. The molecule has 6 nitrogen and oxygen atoms in total. The first kappa shape index (κ1) is 20.3. The Hall–Kier alpha value is -2.44. The van der Waals surface area contributed by atoms with Gasteiger partial charge in [0.15, 0.2) is 0 Å². The fourth-order valence-electron chi connectivity index (χ4n) is 3.37. The molecular formula is C22H31N5O. The van der Waals surface area contributed by atoms with Gasteiger partial charge in [0.05, 0.1) is 5.56 Å². The highest BCUT2D eigenvalue weighted by atomic mass is 16.2. The van der Waals surface area contributed by atoms with Crippen LogP contribution in [0.3, 0.4) is 0 Å². The third kappa shape index (κ3) is 6.04. The van der Waals surface area contributed by atoms with Gasteiger partial charge < -0.3 is 15.1 Å². The summed E-state index contributed by atoms with van der Waals surface area (Å²) in [4.78, 5) is 23.6. The molecule has 1 fully saturated rings. The van der Waals surface area contributed by atoms with E-state index in [1.54, 1.807) is 6.20 Å². The number of rotatable bonds is 8. The molecule has 0 saturated carbocycles. The Labute approximate surface area is 168 Å². The zero-order valence-electron chi connectivity index (χ0n) is 17.0. The number of benzene rings is 1. The minimum absolute atomic E-state index is 0.0750. The Balaban J connectivity index is 1.44. The van der Waals surface area contributed by atoms with Crippen LogP contribution < -0.4 is 5.32 Å². The molecule has 0 bridgehead atoms. The average molecular weight is 382 g/mol. The topological polar surface area (TPSA) is 51.7 Å². The number of carbonyl (C=O) groups excluding carboxylic acids is 1. The molecule has 1 saturated heterocycles. The van der Waals surface area contributed by atoms with Gasteiger partial charge in [0.1, 0.15) is 5.82 Å². The minimum Gasteiger partial charge on any atom is -0.370 e. The Morgan fingerprint density at radius 2 is 1.82 bits per heavy atom. The summed E-state index contributed by atoms with van der Waals surface area (Å²) in [7, 11) is 4.14. The Bertz CT molecular complexity index is 724. The molecule has 2 heterocycles. The van der Waals surface area contributed by atoms with E-state index in [4.69, 9.17) is 0 Å². The van der Waals surface area contributed by atoms with Crippen molar-refractivity contribution in [1.82, 2.24) is 19.7 Å². The second-order valence-electron chi connectivity index (χ2n) is 7.57. The molecule has 150 valence electrons. The third-order valence-corrected chi connectivity index (χ3v) is 5.01. The van der Waals surface area contributed by atoms with Crippen LogP contribution in [-0.4, -0.2) is 79.0 Å². The van der Waals surface area contributed by atoms with Gasteiger partial charge in [0.2, 0.25) is 0 Å². The number of aromatic nitrogens is 1. The van der Waals surface area contributed by atoms with Gasteiger partial charge in [-0.15, -0.1) is 0 Å². The van der Waals surface area contributed by atoms with Crippen LogP contribution in [-0.2, 0) is 6.54 Å². The molecule has 2 aromatic rings. The van der Waals surface area contributed by atoms with Crippen molar-refractivity contribution in [2.75, 3.05) is 58.7 Å². The lowest BCUT2D eigenvalue weighted by molar-refractivity contribution is 0.0628. The molecule has 0 atom stereocenters. The number of amides is 1. The summed E-state index contributed by atoms with van der Waals surface area (Å²) in [6.07, 6.45) is 2.75. The highest BCUT2D eigenvalue weighted by molar-refractivity contribution is 5.94. The van der Waals surface area contributed by atoms with Crippen molar-refractivity contribution >= 4 is 11.7 Å². The number of piperazine rings is 1. The summed E-state index contributed by atoms with van der Waals surface area (Å²) in [6, 6.07) is 14.3. The Kier molecular flexibility index (Phi) is 7.39. The number of pyridine rings is 1. The summed E-state index contributed by atoms with van der Waals surface area (Å²) < 4.78 is 0. The van der Waals surface area contributed by atoms with E-state index in [-0.39, 0.29) is 5.91 Å². The van der Waals surface area contributed by atoms with Gasteiger partial charge in [-0.1, -0.05) is 30.3 Å². The molecule has 3 rings (SSSR count). The molecule has 0 unspecified atom stereocenters. The normalized spacial score (nSPS) is 15.0. The van der Waals surface area contributed by atoms with Crippen molar-refractivity contribution < 1.29 is 4.79 Å². The van der Waals surface area contributed by atoms with Gasteiger partial charge in [-0.05, 0) is 44.8 Å². The maximum Gasteiger partial charge on any atom is 0.255 e. The van der Waals surface area contributed by atoms with Gasteiger partial charge in [-0.3, -0.25) is 9.69 Å². The number of carbonyl (C=O) groups is 1. The van der Waals surface area contributed by atoms with E-state index < -0.39 is 0 Å². The van der Waals surface area contributed by atoms with Crippen LogP contribution in [0.4, 0.5) is 5.82 Å². The molecule has 1 aliphatic heterocycles. The van der Waals surface area contributed by atoms with Crippen LogP contribution >= 0.6 is 0 Å². The molecule has 1 aromatic carbocycles. The van der Waals surface area contributed by atoms with Crippen LogP contribution in [0.2, 0.25) is 0 Å². The van der Waals surface area contributed by atoms with Crippen molar-refractivity contribution in [1.29, 1.82) is 0 Å². The van der Waals surface area contributed by atoms with E-state index >= 15 is 0 Å². The van der Waals surface area contributed by atoms with E-state index in [0.717, 1.165) is 58.1 Å². The highest BCUT2D eigenvalue weighted by Gasteiger charge is 2.22. The Morgan fingerprint density at radius 1 is 1.07 bits per heavy atom. The van der Waals surface area contributed by atoms with E-state index in [1.165, 1.54) is 5.56 Å². The molecule has 0 aliphatic carbocycles. The van der Waals surface area contributed by atoms with Crippen LogP contribution in [0.25, 0.3) is 0 Å². The van der Waals surface area contributed by atoms with E-state index in [2.05, 4.69) is 58.5 Å². The van der Waals surface area contributed by atoms with Crippen molar-refractivity contribution in [2.24, 2.45) is 0 Å². The van der Waals surface area contributed by atoms with Gasteiger partial charge in [0, 0.05) is 45.5 Å². The monoisotopic (exact) mass is 381 g/mol. The van der Waals surface area contributed by atoms with Crippen LogP contribution in [0, 0.1) is 0 Å². The lowest BCUT2D eigenvalue weighted by atomic mass is 10.2. The molecular weight excluding hydrogens is 350 g/mol.